The summed E-state index contributed by atoms with van der Waals surface area (Å²) in [6, 6.07) is 9.53. The van der Waals surface area contributed by atoms with Crippen molar-refractivity contribution in [1.29, 1.82) is 0 Å². The van der Waals surface area contributed by atoms with Crippen LogP contribution in [-0.4, -0.2) is 41.6 Å². The van der Waals surface area contributed by atoms with E-state index in [0.717, 1.165) is 12.1 Å². The Hall–Kier alpha value is -1.69. The van der Waals surface area contributed by atoms with Crippen molar-refractivity contribution in [2.45, 2.75) is 0 Å². The number of halogens is 2. The minimum atomic E-state index is -0.787. The fraction of sp³-hybridized carbons (Fsp3) is 0.200. The molecule has 0 amide bonds. The maximum Gasteiger partial charge on any atom is 0.317 e. The number of nitrogens with zero attached hydrogens (tertiary/aromatic N) is 2. The summed E-state index contributed by atoms with van der Waals surface area (Å²) in [6.45, 7) is 0.111. The van der Waals surface area contributed by atoms with Gasteiger partial charge in [-0.3, -0.25) is 18.5 Å². The molecule has 2 aromatic rings. The van der Waals surface area contributed by atoms with Crippen LogP contribution in [0.4, 0.5) is 8.78 Å². The molecule has 1 heterocycles. The first-order valence-corrected chi connectivity index (χ1v) is 6.05. The zero-order valence-corrected chi connectivity index (χ0v) is 14.4. The number of carboxylic acid groups (broad SMARTS) is 1. The van der Waals surface area contributed by atoms with Gasteiger partial charge in [-0.1, -0.05) is 23.8 Å². The fourth-order valence-electron chi connectivity index (χ4n) is 1.42. The first-order valence-electron chi connectivity index (χ1n) is 6.05. The molecule has 0 atom stereocenters. The third-order valence-electron chi connectivity index (χ3n) is 2.23. The Balaban J connectivity index is 0.000000478. The topological polar surface area (TPSA) is 53.4 Å². The molecular formula is C15H15F2IrN2O2-. The van der Waals surface area contributed by atoms with Crippen LogP contribution in [0.25, 0.3) is 11.3 Å². The number of pyridine rings is 1. The predicted octanol–water partition coefficient (Wildman–Crippen LogP) is 2.46. The molecule has 121 valence electrons. The number of likely N-dealkylation sites (N-methyl/N-ethyl adjacent to an activating group) is 1. The number of carboxylic acids is 1. The molecule has 0 bridgehead atoms. The van der Waals surface area contributed by atoms with E-state index in [-0.39, 0.29) is 32.2 Å². The summed E-state index contributed by atoms with van der Waals surface area (Å²) in [4.78, 5) is 15.3. The summed E-state index contributed by atoms with van der Waals surface area (Å²) in [5.74, 6) is -2.07. The van der Waals surface area contributed by atoms with Crippen molar-refractivity contribution in [3.63, 3.8) is 0 Å². The van der Waals surface area contributed by atoms with Gasteiger partial charge in [-0.05, 0) is 25.9 Å². The number of benzene rings is 1. The molecule has 1 aromatic carbocycles. The predicted molar refractivity (Wildman–Crippen MR) is 74.6 cm³/mol. The maximum absolute atomic E-state index is 13.2. The van der Waals surface area contributed by atoms with Gasteiger partial charge in [-0.15, -0.1) is 12.1 Å². The molecule has 0 aliphatic carbocycles. The summed E-state index contributed by atoms with van der Waals surface area (Å²) in [5, 5.41) is 8.04. The zero-order chi connectivity index (χ0) is 15.8. The molecule has 7 heteroatoms. The summed E-state index contributed by atoms with van der Waals surface area (Å²) in [6.07, 6.45) is 1.55. The molecule has 22 heavy (non-hydrogen) atoms. The molecule has 4 nitrogen and oxygen atoms in total. The van der Waals surface area contributed by atoms with Gasteiger partial charge in [0.05, 0.1) is 6.54 Å². The Morgan fingerprint density at radius 3 is 2.45 bits per heavy atom. The maximum atomic E-state index is 13.2. The molecular weight excluding hydrogens is 470 g/mol. The number of hydrogen-bond donors (Lipinski definition) is 1. The quantitative estimate of drug-likeness (QED) is 0.679. The standard InChI is InChI=1S/C11H6F2N.C4H9NO2.Ir/c12-8-4-5-9(10(13)7-8)11-3-1-2-6-14-11;1-5(2)3-4(6)7;/h1-4,6-7H;3H2,1-2H3,(H,6,7);/q-1;;. The summed E-state index contributed by atoms with van der Waals surface area (Å²) >= 11 is 0. The van der Waals surface area contributed by atoms with Crippen LogP contribution < -0.4 is 0 Å². The number of rotatable bonds is 3. The van der Waals surface area contributed by atoms with Gasteiger partial charge in [0.1, 0.15) is 0 Å². The SMILES string of the molecule is CN(C)CC(=O)O.Fc1c[c-]c(-c2ccccn2)c(F)c1.[Ir]. The number of aliphatic carboxylic acids is 1. The minimum absolute atomic E-state index is 0. The minimum Gasteiger partial charge on any atom is -0.480 e. The smallest absolute Gasteiger partial charge is 0.317 e. The van der Waals surface area contributed by atoms with E-state index in [0.29, 0.717) is 5.69 Å². The fourth-order valence-corrected chi connectivity index (χ4v) is 1.42. The second kappa shape index (κ2) is 10.1. The van der Waals surface area contributed by atoms with Gasteiger partial charge >= 0.3 is 5.97 Å². The van der Waals surface area contributed by atoms with Crippen LogP contribution in [0.15, 0.2) is 36.5 Å². The number of carbonyl (C=O) groups is 1. The van der Waals surface area contributed by atoms with Gasteiger partial charge in [0.15, 0.2) is 0 Å². The molecule has 0 aliphatic rings. The summed E-state index contributed by atoms with van der Waals surface area (Å²) in [7, 11) is 3.43. The van der Waals surface area contributed by atoms with Gasteiger partial charge in [-0.25, -0.2) is 0 Å². The van der Waals surface area contributed by atoms with Crippen LogP contribution in [0.3, 0.4) is 0 Å². The monoisotopic (exact) mass is 486 g/mol. The Kier molecular flexibility index (Phi) is 9.33. The van der Waals surface area contributed by atoms with E-state index in [9.17, 15) is 13.6 Å². The molecule has 1 N–H and O–H groups in total. The Morgan fingerprint density at radius 1 is 1.36 bits per heavy atom. The molecule has 0 spiro atoms. The molecule has 0 saturated carbocycles. The van der Waals surface area contributed by atoms with Crippen LogP contribution in [0, 0.1) is 17.7 Å². The normalized spacial score (nSPS) is 9.50. The van der Waals surface area contributed by atoms with Gasteiger partial charge < -0.3 is 10.1 Å². The van der Waals surface area contributed by atoms with E-state index >= 15 is 0 Å². The van der Waals surface area contributed by atoms with Crippen molar-refractivity contribution in [2.75, 3.05) is 20.6 Å². The van der Waals surface area contributed by atoms with Crippen LogP contribution in [-0.2, 0) is 24.9 Å². The van der Waals surface area contributed by atoms with Crippen LogP contribution in [0.2, 0.25) is 0 Å². The first kappa shape index (κ1) is 20.3. The van der Waals surface area contributed by atoms with Crippen molar-refractivity contribution >= 4 is 5.97 Å². The molecule has 0 aliphatic heterocycles. The molecule has 0 fully saturated rings. The van der Waals surface area contributed by atoms with E-state index in [4.69, 9.17) is 5.11 Å². The molecule has 1 radical (unpaired) electrons. The average molecular weight is 486 g/mol. The van der Waals surface area contributed by atoms with Gasteiger partial charge in [-0.2, -0.15) is 0 Å². The first-order chi connectivity index (χ1) is 9.90. The van der Waals surface area contributed by atoms with E-state index in [2.05, 4.69) is 11.1 Å². The third-order valence-corrected chi connectivity index (χ3v) is 2.23. The number of hydrogen-bond acceptors (Lipinski definition) is 3. The van der Waals surface area contributed by atoms with E-state index in [1.807, 2.05) is 0 Å². The summed E-state index contributed by atoms with van der Waals surface area (Å²) < 4.78 is 25.8. The largest absolute Gasteiger partial charge is 0.480 e. The molecule has 0 saturated heterocycles. The van der Waals surface area contributed by atoms with Crippen molar-refractivity contribution in [2.24, 2.45) is 0 Å². The molecule has 1 aromatic heterocycles. The van der Waals surface area contributed by atoms with E-state index in [1.54, 1.807) is 43.4 Å². The van der Waals surface area contributed by atoms with Crippen LogP contribution in [0.5, 0.6) is 0 Å². The summed E-state index contributed by atoms with van der Waals surface area (Å²) in [5.41, 5.74) is 0.636. The average Bonchev–Trinajstić information content (AvgIpc) is 2.38. The second-order valence-electron chi connectivity index (χ2n) is 4.39. The van der Waals surface area contributed by atoms with Crippen molar-refractivity contribution in [3.8, 4) is 11.3 Å². The van der Waals surface area contributed by atoms with Crippen molar-refractivity contribution in [3.05, 3.63) is 54.2 Å². The molecule has 2 rings (SSSR count). The second-order valence-corrected chi connectivity index (χ2v) is 4.39. The van der Waals surface area contributed by atoms with Gasteiger partial charge in [0.25, 0.3) is 0 Å². The van der Waals surface area contributed by atoms with Crippen molar-refractivity contribution in [1.82, 2.24) is 9.88 Å². The Bertz CT molecular complexity index is 595. The van der Waals surface area contributed by atoms with Gasteiger partial charge in [0.2, 0.25) is 0 Å². The Labute approximate surface area is 141 Å². The van der Waals surface area contributed by atoms with Crippen LogP contribution in [0.1, 0.15) is 0 Å². The van der Waals surface area contributed by atoms with E-state index < -0.39 is 17.6 Å². The van der Waals surface area contributed by atoms with Crippen molar-refractivity contribution < 1.29 is 38.8 Å². The van der Waals surface area contributed by atoms with E-state index in [1.165, 1.54) is 0 Å². The van der Waals surface area contributed by atoms with Crippen LogP contribution >= 0.6 is 0 Å². The Morgan fingerprint density at radius 2 is 2.05 bits per heavy atom. The third kappa shape index (κ3) is 7.36. The van der Waals surface area contributed by atoms with Gasteiger partial charge in [0, 0.05) is 37.9 Å². The molecule has 0 unspecified atom stereocenters. The number of aromatic nitrogens is 1. The zero-order valence-electron chi connectivity index (χ0n) is 12.0.